The summed E-state index contributed by atoms with van der Waals surface area (Å²) in [5, 5.41) is 4.70. The standard InChI is InChI=1S/C34H22N4/c1-3-7-25(8-4-1)37-31-13-11-23(19-27(31)29-21-35-17-15-33(29)37)24-12-14-32-28(20-24)30-22-36-18-16-34(30)38(32)26-9-5-2-6-10-26/h1-22H. The molecule has 0 saturated carbocycles. The molecule has 0 aliphatic rings. The van der Waals surface area contributed by atoms with E-state index in [0.717, 1.165) is 33.2 Å². The van der Waals surface area contributed by atoms with Gasteiger partial charge in [0, 0.05) is 57.7 Å². The summed E-state index contributed by atoms with van der Waals surface area (Å²) in [7, 11) is 0. The zero-order valence-electron chi connectivity index (χ0n) is 20.5. The Bertz CT molecular complexity index is 1960. The fourth-order valence-corrected chi connectivity index (χ4v) is 5.80. The van der Waals surface area contributed by atoms with Crippen LogP contribution in [0.3, 0.4) is 0 Å². The second-order valence-electron chi connectivity index (χ2n) is 9.59. The maximum absolute atomic E-state index is 4.46. The highest BCUT2D eigenvalue weighted by Crippen LogP contribution is 2.37. The Morgan fingerprint density at radius 3 is 1.26 bits per heavy atom. The Kier molecular flexibility index (Phi) is 4.49. The maximum atomic E-state index is 4.46. The fraction of sp³-hybridized carbons (Fsp3) is 0. The summed E-state index contributed by atoms with van der Waals surface area (Å²) in [6.07, 6.45) is 7.69. The van der Waals surface area contributed by atoms with Crippen LogP contribution in [-0.4, -0.2) is 19.1 Å². The Balaban J connectivity index is 1.36. The molecule has 0 N–H and O–H groups in total. The average molecular weight is 487 g/mol. The second kappa shape index (κ2) is 8.15. The van der Waals surface area contributed by atoms with Crippen molar-refractivity contribution < 1.29 is 0 Å². The average Bonchev–Trinajstić information content (AvgIpc) is 3.50. The van der Waals surface area contributed by atoms with Gasteiger partial charge in [-0.2, -0.15) is 0 Å². The zero-order valence-corrected chi connectivity index (χ0v) is 20.5. The van der Waals surface area contributed by atoms with E-state index in [1.807, 2.05) is 24.8 Å². The second-order valence-corrected chi connectivity index (χ2v) is 9.59. The number of benzene rings is 4. The van der Waals surface area contributed by atoms with Crippen LogP contribution in [0, 0.1) is 0 Å². The van der Waals surface area contributed by atoms with Crippen molar-refractivity contribution in [2.45, 2.75) is 0 Å². The largest absolute Gasteiger partial charge is 0.309 e. The van der Waals surface area contributed by atoms with Gasteiger partial charge in [0.1, 0.15) is 0 Å². The SMILES string of the molecule is c1ccc(-n2c3ccncc3c3cc(-c4ccc5c(c4)c4cnccc4n5-c4ccccc4)ccc32)cc1. The van der Waals surface area contributed by atoms with Crippen molar-refractivity contribution in [1.29, 1.82) is 0 Å². The van der Waals surface area contributed by atoms with Gasteiger partial charge in [0.05, 0.1) is 22.1 Å². The van der Waals surface area contributed by atoms with Crippen LogP contribution in [0.5, 0.6) is 0 Å². The van der Waals surface area contributed by atoms with Crippen LogP contribution in [0.4, 0.5) is 0 Å². The van der Waals surface area contributed by atoms with Crippen LogP contribution < -0.4 is 0 Å². The van der Waals surface area contributed by atoms with Crippen LogP contribution in [0.15, 0.2) is 134 Å². The Labute approximate surface area is 219 Å². The van der Waals surface area contributed by atoms with Crippen molar-refractivity contribution >= 4 is 43.6 Å². The molecule has 0 amide bonds. The molecular weight excluding hydrogens is 464 g/mol. The van der Waals surface area contributed by atoms with E-state index in [0.29, 0.717) is 0 Å². The molecule has 4 aromatic carbocycles. The summed E-state index contributed by atoms with van der Waals surface area (Å²) in [6, 6.07) is 38.7. The lowest BCUT2D eigenvalue weighted by molar-refractivity contribution is 1.17. The molecule has 38 heavy (non-hydrogen) atoms. The minimum Gasteiger partial charge on any atom is -0.309 e. The van der Waals surface area contributed by atoms with Gasteiger partial charge in [-0.1, -0.05) is 48.5 Å². The minimum absolute atomic E-state index is 1.15. The quantitative estimate of drug-likeness (QED) is 0.252. The van der Waals surface area contributed by atoms with E-state index in [2.05, 4.69) is 128 Å². The van der Waals surface area contributed by atoms with Gasteiger partial charge in [-0.25, -0.2) is 0 Å². The Morgan fingerprint density at radius 2 is 0.816 bits per heavy atom. The fourth-order valence-electron chi connectivity index (χ4n) is 5.80. The topological polar surface area (TPSA) is 35.6 Å². The normalized spacial score (nSPS) is 11.7. The lowest BCUT2D eigenvalue weighted by atomic mass is 10.0. The van der Waals surface area contributed by atoms with Crippen molar-refractivity contribution in [2.75, 3.05) is 0 Å². The van der Waals surface area contributed by atoms with Crippen LogP contribution in [0.1, 0.15) is 0 Å². The maximum Gasteiger partial charge on any atom is 0.0571 e. The first-order valence-electron chi connectivity index (χ1n) is 12.7. The minimum atomic E-state index is 1.15. The smallest absolute Gasteiger partial charge is 0.0571 e. The number of para-hydroxylation sites is 2. The van der Waals surface area contributed by atoms with Crippen molar-refractivity contribution in [3.63, 3.8) is 0 Å². The first-order chi connectivity index (χ1) is 18.9. The lowest BCUT2D eigenvalue weighted by Crippen LogP contribution is -1.93. The van der Waals surface area contributed by atoms with E-state index < -0.39 is 0 Å². The molecule has 4 nitrogen and oxygen atoms in total. The highest BCUT2D eigenvalue weighted by Gasteiger charge is 2.16. The number of rotatable bonds is 3. The van der Waals surface area contributed by atoms with Crippen LogP contribution in [0.2, 0.25) is 0 Å². The molecule has 0 unspecified atom stereocenters. The zero-order chi connectivity index (χ0) is 25.1. The van der Waals surface area contributed by atoms with E-state index >= 15 is 0 Å². The molecule has 0 spiro atoms. The third-order valence-electron chi connectivity index (χ3n) is 7.50. The third-order valence-corrected chi connectivity index (χ3v) is 7.50. The van der Waals surface area contributed by atoms with Crippen LogP contribution in [0.25, 0.3) is 66.1 Å². The first kappa shape index (κ1) is 20.9. The Hall–Kier alpha value is -5.22. The molecule has 178 valence electrons. The summed E-state index contributed by atoms with van der Waals surface area (Å²) >= 11 is 0. The highest BCUT2D eigenvalue weighted by atomic mass is 15.0. The molecule has 8 rings (SSSR count). The van der Waals surface area contributed by atoms with Crippen LogP contribution >= 0.6 is 0 Å². The molecule has 0 aliphatic carbocycles. The summed E-state index contributed by atoms with van der Waals surface area (Å²) < 4.78 is 4.64. The van der Waals surface area contributed by atoms with Crippen molar-refractivity contribution in [3.8, 4) is 22.5 Å². The van der Waals surface area contributed by atoms with E-state index in [1.165, 1.54) is 32.9 Å². The monoisotopic (exact) mass is 486 g/mol. The van der Waals surface area contributed by atoms with Gasteiger partial charge in [-0.3, -0.25) is 9.97 Å². The molecule has 0 fully saturated rings. The molecule has 0 atom stereocenters. The van der Waals surface area contributed by atoms with Gasteiger partial charge < -0.3 is 9.13 Å². The number of nitrogens with zero attached hydrogens (tertiary/aromatic N) is 4. The molecule has 4 heterocycles. The van der Waals surface area contributed by atoms with Crippen molar-refractivity contribution in [1.82, 2.24) is 19.1 Å². The number of hydrogen-bond acceptors (Lipinski definition) is 2. The summed E-state index contributed by atoms with van der Waals surface area (Å²) in [4.78, 5) is 8.91. The van der Waals surface area contributed by atoms with E-state index in [1.54, 1.807) is 0 Å². The first-order valence-corrected chi connectivity index (χ1v) is 12.7. The number of hydrogen-bond donors (Lipinski definition) is 0. The molecular formula is C34H22N4. The van der Waals surface area contributed by atoms with Gasteiger partial charge in [0.15, 0.2) is 0 Å². The molecule has 0 saturated heterocycles. The predicted octanol–water partition coefficient (Wildman–Crippen LogP) is 8.34. The number of fused-ring (bicyclic) bond motifs is 6. The molecule has 0 aliphatic heterocycles. The molecule has 0 radical (unpaired) electrons. The van der Waals surface area contributed by atoms with E-state index in [4.69, 9.17) is 0 Å². The van der Waals surface area contributed by atoms with Gasteiger partial charge in [0.25, 0.3) is 0 Å². The van der Waals surface area contributed by atoms with E-state index in [-0.39, 0.29) is 0 Å². The Morgan fingerprint density at radius 1 is 0.395 bits per heavy atom. The number of aromatic nitrogens is 4. The molecule has 8 aromatic rings. The predicted molar refractivity (Wildman–Crippen MR) is 156 cm³/mol. The summed E-state index contributed by atoms with van der Waals surface area (Å²) in [6.45, 7) is 0. The molecule has 0 bridgehead atoms. The van der Waals surface area contributed by atoms with Gasteiger partial charge in [-0.15, -0.1) is 0 Å². The molecule has 4 heteroatoms. The third kappa shape index (κ3) is 3.04. The van der Waals surface area contributed by atoms with Crippen molar-refractivity contribution in [2.24, 2.45) is 0 Å². The molecule has 4 aromatic heterocycles. The van der Waals surface area contributed by atoms with E-state index in [9.17, 15) is 0 Å². The number of pyridine rings is 2. The lowest BCUT2D eigenvalue weighted by Gasteiger charge is -2.09. The van der Waals surface area contributed by atoms with Gasteiger partial charge in [0.2, 0.25) is 0 Å². The van der Waals surface area contributed by atoms with Gasteiger partial charge in [-0.05, 0) is 71.8 Å². The highest BCUT2D eigenvalue weighted by molar-refractivity contribution is 6.12. The van der Waals surface area contributed by atoms with Crippen LogP contribution in [-0.2, 0) is 0 Å². The van der Waals surface area contributed by atoms with Gasteiger partial charge >= 0.3 is 0 Å². The summed E-state index contributed by atoms with van der Waals surface area (Å²) in [5.74, 6) is 0. The summed E-state index contributed by atoms with van der Waals surface area (Å²) in [5.41, 5.74) is 9.32. The van der Waals surface area contributed by atoms with Crippen molar-refractivity contribution in [3.05, 3.63) is 134 Å².